The van der Waals surface area contributed by atoms with Crippen LogP contribution in [0.5, 0.6) is 11.5 Å². The van der Waals surface area contributed by atoms with E-state index >= 15 is 0 Å². The van der Waals surface area contributed by atoms with Crippen LogP contribution in [0.15, 0.2) is 58.5 Å². The van der Waals surface area contributed by atoms with Crippen LogP contribution in [0.3, 0.4) is 0 Å². The van der Waals surface area contributed by atoms with E-state index in [0.717, 1.165) is 37.1 Å². The number of hydrogen-bond donors (Lipinski definition) is 2. The summed E-state index contributed by atoms with van der Waals surface area (Å²) in [6.45, 7) is 6.26. The number of halogens is 2. The van der Waals surface area contributed by atoms with E-state index in [1.54, 1.807) is 24.6 Å². The number of nitrogens with zero attached hydrogens (tertiary/aromatic N) is 2. The third kappa shape index (κ3) is 32.0. The first-order valence-electron chi connectivity index (χ1n) is 17.5. The third-order valence-electron chi connectivity index (χ3n) is 7.62. The molecule has 8 heteroatoms. The summed E-state index contributed by atoms with van der Waals surface area (Å²) in [5, 5.41) is 19.2. The number of para-hydroxylation sites is 2. The standard InChI is InChI=1S/2C19H31NO.2BrH.2Cu/c2*1-2-3-4-5-6-7-8-9-10-13-16-20-17-18-14-11-12-15-19(18)21;;;;/h2*11-12,14-15,17,21H,2-10,13,16H2,1H3;2*1H;;/q;;;;2*+1/p-2. The Morgan fingerprint density at radius 2 is 0.717 bits per heavy atom. The normalized spacial score (nSPS) is 10.6. The molecule has 272 valence electrons. The molecule has 2 aromatic carbocycles. The Bertz CT molecular complexity index is 873. The van der Waals surface area contributed by atoms with Crippen molar-refractivity contribution in [2.75, 3.05) is 13.1 Å². The number of phenolic OH excluding ortho intramolecular Hbond substituents is 2. The Hall–Kier alpha value is -0.621. The molecule has 0 atom stereocenters. The number of aliphatic imine (C=N–C) groups is 2. The summed E-state index contributed by atoms with van der Waals surface area (Å²) in [4.78, 5) is 8.77. The van der Waals surface area contributed by atoms with Crippen molar-refractivity contribution in [2.24, 2.45) is 9.98 Å². The van der Waals surface area contributed by atoms with Crippen LogP contribution < -0.4 is 0 Å². The van der Waals surface area contributed by atoms with Gasteiger partial charge in [-0.1, -0.05) is 154 Å². The summed E-state index contributed by atoms with van der Waals surface area (Å²) < 4.78 is 0. The molecule has 0 fully saturated rings. The zero-order valence-corrected chi connectivity index (χ0v) is 33.5. The van der Waals surface area contributed by atoms with E-state index in [0.29, 0.717) is 11.5 Å². The van der Waals surface area contributed by atoms with E-state index in [4.69, 9.17) is 0 Å². The fraction of sp³-hybridized carbons (Fsp3) is 0.632. The fourth-order valence-corrected chi connectivity index (χ4v) is 4.90. The Balaban J connectivity index is 0. The van der Waals surface area contributed by atoms with Crippen molar-refractivity contribution in [3.63, 3.8) is 0 Å². The van der Waals surface area contributed by atoms with Gasteiger partial charge in [0.15, 0.2) is 0 Å². The average Bonchev–Trinajstić information content (AvgIpc) is 3.09. The summed E-state index contributed by atoms with van der Waals surface area (Å²) in [6, 6.07) is 14.7. The van der Waals surface area contributed by atoms with Crippen molar-refractivity contribution in [3.8, 4) is 11.5 Å². The van der Waals surface area contributed by atoms with Crippen molar-refractivity contribution in [2.45, 2.75) is 142 Å². The van der Waals surface area contributed by atoms with Crippen LogP contribution in [-0.4, -0.2) is 35.7 Å². The number of unbranched alkanes of at least 4 members (excludes halogenated alkanes) is 18. The van der Waals surface area contributed by atoms with Gasteiger partial charge in [0.25, 0.3) is 0 Å². The van der Waals surface area contributed by atoms with Gasteiger partial charge in [-0.25, -0.2) is 0 Å². The topological polar surface area (TPSA) is 65.2 Å². The van der Waals surface area contributed by atoms with E-state index in [1.165, 1.54) is 116 Å². The number of hydrogen-bond acceptors (Lipinski definition) is 4. The van der Waals surface area contributed by atoms with Gasteiger partial charge >= 0.3 is 56.6 Å². The van der Waals surface area contributed by atoms with Gasteiger partial charge in [-0.05, 0) is 37.1 Å². The molecule has 0 spiro atoms. The first kappa shape index (κ1) is 47.5. The van der Waals surface area contributed by atoms with Gasteiger partial charge in [0.1, 0.15) is 11.5 Å². The molecule has 46 heavy (non-hydrogen) atoms. The molecule has 2 N–H and O–H groups in total. The molecule has 0 aromatic heterocycles. The maximum atomic E-state index is 9.60. The van der Waals surface area contributed by atoms with Gasteiger partial charge in [-0.2, -0.15) is 0 Å². The average molecular weight is 866 g/mol. The Morgan fingerprint density at radius 3 is 1.00 bits per heavy atom. The van der Waals surface area contributed by atoms with Gasteiger partial charge in [0, 0.05) is 36.6 Å². The molecule has 4 nitrogen and oxygen atoms in total. The second-order valence-electron chi connectivity index (χ2n) is 11.6. The molecule has 0 unspecified atom stereocenters. The first-order valence-corrected chi connectivity index (χ1v) is 22.1. The number of aromatic hydroxyl groups is 2. The van der Waals surface area contributed by atoms with Crippen LogP contribution in [0.2, 0.25) is 0 Å². The maximum absolute atomic E-state index is 9.60. The SMILES string of the molecule is CCCCCCCCCCCCN=Cc1ccccc1O.CCCCCCCCCCCCN=Cc1ccccc1O.[Cu][Br].[Cu][Br]. The summed E-state index contributed by atoms with van der Waals surface area (Å²) in [7, 11) is 0. The molecule has 2 rings (SSSR count). The van der Waals surface area contributed by atoms with Crippen LogP contribution >= 0.6 is 28.2 Å². The molecule has 0 bridgehead atoms. The van der Waals surface area contributed by atoms with Gasteiger partial charge in [-0.15, -0.1) is 0 Å². The summed E-state index contributed by atoms with van der Waals surface area (Å²) >= 11 is 13.0. The molecule has 2 aromatic rings. The van der Waals surface area contributed by atoms with Crippen LogP contribution in [0.4, 0.5) is 0 Å². The quantitative estimate of drug-likeness (QED) is 0.0627. The van der Waals surface area contributed by atoms with Gasteiger partial charge in [0.05, 0.1) is 0 Å². The molecule has 0 amide bonds. The molecule has 0 aliphatic rings. The minimum atomic E-state index is 0.310. The first-order chi connectivity index (χ1) is 22.7. The van der Waals surface area contributed by atoms with Gasteiger partial charge in [0.2, 0.25) is 0 Å². The van der Waals surface area contributed by atoms with Gasteiger partial charge in [-0.3, -0.25) is 9.98 Å². The third-order valence-corrected chi connectivity index (χ3v) is 7.62. The Labute approximate surface area is 313 Å². The summed E-state index contributed by atoms with van der Waals surface area (Å²) in [6.07, 6.45) is 30.5. The van der Waals surface area contributed by atoms with Crippen LogP contribution in [0, 0.1) is 0 Å². The molecular formula is C38H62Br2Cu2N2O2. The second kappa shape index (κ2) is 40.6. The molecular weight excluding hydrogens is 803 g/mol. The fourth-order valence-electron chi connectivity index (χ4n) is 4.90. The predicted molar refractivity (Wildman–Crippen MR) is 203 cm³/mol. The molecule has 0 saturated carbocycles. The van der Waals surface area contributed by atoms with Gasteiger partial charge < -0.3 is 10.2 Å². The molecule has 0 aliphatic heterocycles. The second-order valence-corrected chi connectivity index (χ2v) is 11.6. The van der Waals surface area contributed by atoms with Crippen molar-refractivity contribution < 1.29 is 38.6 Å². The summed E-state index contributed by atoms with van der Waals surface area (Å²) in [5.41, 5.74) is 1.62. The molecule has 0 aliphatic carbocycles. The van der Waals surface area contributed by atoms with E-state index in [1.807, 2.05) is 36.4 Å². The van der Waals surface area contributed by atoms with Crippen molar-refractivity contribution in [1.82, 2.24) is 0 Å². The molecule has 0 heterocycles. The van der Waals surface area contributed by atoms with Crippen LogP contribution in [0.25, 0.3) is 0 Å². The van der Waals surface area contributed by atoms with Crippen molar-refractivity contribution in [1.29, 1.82) is 0 Å². The van der Waals surface area contributed by atoms with Crippen LogP contribution in [0.1, 0.15) is 153 Å². The monoisotopic (exact) mass is 862 g/mol. The minimum absolute atomic E-state index is 0.310. The van der Waals surface area contributed by atoms with Crippen molar-refractivity contribution >= 4 is 40.6 Å². The zero-order valence-electron chi connectivity index (χ0n) is 28.5. The molecule has 0 radical (unpaired) electrons. The van der Waals surface area contributed by atoms with E-state index in [9.17, 15) is 10.2 Å². The van der Waals surface area contributed by atoms with E-state index in [2.05, 4.69) is 80.5 Å². The van der Waals surface area contributed by atoms with Crippen molar-refractivity contribution in [3.05, 3.63) is 59.7 Å². The van der Waals surface area contributed by atoms with E-state index < -0.39 is 0 Å². The predicted octanol–water partition coefficient (Wildman–Crippen LogP) is 13.2. The number of rotatable bonds is 24. The number of phenols is 2. The summed E-state index contributed by atoms with van der Waals surface area (Å²) in [5.74, 6) is 0.619. The molecule has 0 saturated heterocycles. The van der Waals surface area contributed by atoms with E-state index in [-0.39, 0.29) is 0 Å². The van der Waals surface area contributed by atoms with Crippen LogP contribution in [-0.2, 0) is 28.4 Å². The zero-order chi connectivity index (χ0) is 34.4. The Morgan fingerprint density at radius 1 is 0.457 bits per heavy atom. The number of benzene rings is 2. The Kier molecular flexibility index (Phi) is 41.9.